The molecule has 0 aliphatic rings. The van der Waals surface area contributed by atoms with Crippen LogP contribution in [-0.4, -0.2) is 11.7 Å². The maximum Gasteiger partial charge on any atom is 0.272 e. The number of halogens is 3. The van der Waals surface area contributed by atoms with E-state index < -0.39 is 5.92 Å². The van der Waals surface area contributed by atoms with Gasteiger partial charge in [-0.05, 0) is 11.6 Å². The van der Waals surface area contributed by atoms with Crippen molar-refractivity contribution in [2.75, 3.05) is 6.61 Å². The first-order chi connectivity index (χ1) is 6.88. The van der Waals surface area contributed by atoms with Gasteiger partial charge in [0.2, 0.25) is 0 Å². The molecule has 0 heterocycles. The van der Waals surface area contributed by atoms with Gasteiger partial charge in [0.1, 0.15) is 0 Å². The molecule has 0 amide bonds. The molecule has 1 N–H and O–H groups in total. The van der Waals surface area contributed by atoms with Crippen LogP contribution in [0, 0.1) is 0 Å². The van der Waals surface area contributed by atoms with Crippen molar-refractivity contribution in [3.8, 4) is 0 Å². The first kappa shape index (κ1) is 12.4. The molecule has 1 rings (SSSR count). The highest BCUT2D eigenvalue weighted by molar-refractivity contribution is 6.31. The van der Waals surface area contributed by atoms with E-state index in [2.05, 4.69) is 0 Å². The molecule has 0 radical (unpaired) electrons. The molecule has 84 valence electrons. The average molecular weight is 235 g/mol. The molecule has 0 saturated heterocycles. The van der Waals surface area contributed by atoms with Gasteiger partial charge in [0.05, 0.1) is 5.02 Å². The van der Waals surface area contributed by atoms with E-state index in [-0.39, 0.29) is 23.1 Å². The number of hydrogen-bond donors (Lipinski definition) is 1. The molecule has 1 nitrogen and oxygen atoms in total. The van der Waals surface area contributed by atoms with Crippen LogP contribution in [0.2, 0.25) is 5.02 Å². The maximum absolute atomic E-state index is 13.3. The minimum atomic E-state index is -2.99. The lowest BCUT2D eigenvalue weighted by molar-refractivity contribution is 0.0161. The Bertz CT molecular complexity index is 347. The molecule has 0 aromatic heterocycles. The van der Waals surface area contributed by atoms with Crippen molar-refractivity contribution in [3.63, 3.8) is 0 Å². The summed E-state index contributed by atoms with van der Waals surface area (Å²) in [4.78, 5) is 0. The second-order valence-corrected chi connectivity index (χ2v) is 4.08. The van der Waals surface area contributed by atoms with Gasteiger partial charge >= 0.3 is 0 Å². The van der Waals surface area contributed by atoms with E-state index in [1.807, 2.05) is 0 Å². The molecule has 0 aliphatic heterocycles. The summed E-state index contributed by atoms with van der Waals surface area (Å²) in [6, 6.07) is 4.61. The molecule has 1 unspecified atom stereocenters. The summed E-state index contributed by atoms with van der Waals surface area (Å²) in [6.07, 6.45) is 0. The number of rotatable bonds is 3. The second kappa shape index (κ2) is 4.45. The van der Waals surface area contributed by atoms with Crippen LogP contribution in [-0.2, 0) is 5.92 Å². The molecule has 1 aromatic carbocycles. The lowest BCUT2D eigenvalue weighted by atomic mass is 9.93. The van der Waals surface area contributed by atoms with Gasteiger partial charge in [-0.3, -0.25) is 0 Å². The van der Waals surface area contributed by atoms with Gasteiger partial charge in [0, 0.05) is 25.0 Å². The molecule has 0 saturated carbocycles. The zero-order chi connectivity index (χ0) is 11.6. The summed E-state index contributed by atoms with van der Waals surface area (Å²) >= 11 is 5.75. The van der Waals surface area contributed by atoms with Gasteiger partial charge in [-0.2, -0.15) is 0 Å². The van der Waals surface area contributed by atoms with E-state index in [0.29, 0.717) is 5.56 Å². The van der Waals surface area contributed by atoms with E-state index in [4.69, 9.17) is 16.7 Å². The van der Waals surface area contributed by atoms with Crippen LogP contribution in [0.25, 0.3) is 0 Å². The molecule has 1 atom stereocenters. The van der Waals surface area contributed by atoms with Gasteiger partial charge in [-0.15, -0.1) is 0 Å². The van der Waals surface area contributed by atoms with Gasteiger partial charge in [0.25, 0.3) is 5.92 Å². The maximum atomic E-state index is 13.3. The molecule has 15 heavy (non-hydrogen) atoms. The van der Waals surface area contributed by atoms with Crippen molar-refractivity contribution < 1.29 is 13.9 Å². The van der Waals surface area contributed by atoms with E-state index in [9.17, 15) is 8.78 Å². The number of benzene rings is 1. The van der Waals surface area contributed by atoms with Crippen LogP contribution < -0.4 is 0 Å². The summed E-state index contributed by atoms with van der Waals surface area (Å²) < 4.78 is 26.6. The predicted molar refractivity (Wildman–Crippen MR) is 56.5 cm³/mol. The second-order valence-electron chi connectivity index (χ2n) is 3.68. The molecule has 0 spiro atoms. The summed E-state index contributed by atoms with van der Waals surface area (Å²) in [6.45, 7) is 2.31. The lowest BCUT2D eigenvalue weighted by Crippen LogP contribution is -2.14. The van der Waals surface area contributed by atoms with E-state index in [1.54, 1.807) is 19.1 Å². The largest absolute Gasteiger partial charge is 0.396 e. The Balaban J connectivity index is 3.33. The van der Waals surface area contributed by atoms with Crippen LogP contribution in [0.5, 0.6) is 0 Å². The number of hydrogen-bond acceptors (Lipinski definition) is 1. The lowest BCUT2D eigenvalue weighted by Gasteiger charge is -2.20. The molecular weight excluding hydrogens is 222 g/mol. The zero-order valence-corrected chi connectivity index (χ0v) is 9.35. The molecule has 0 aliphatic carbocycles. The van der Waals surface area contributed by atoms with Crippen LogP contribution in [0.4, 0.5) is 8.78 Å². The van der Waals surface area contributed by atoms with Crippen molar-refractivity contribution in [1.29, 1.82) is 0 Å². The Morgan fingerprint density at radius 3 is 2.53 bits per heavy atom. The predicted octanol–water partition coefficient (Wildman–Crippen LogP) is 3.55. The van der Waals surface area contributed by atoms with Crippen LogP contribution in [0.1, 0.15) is 30.9 Å². The quantitative estimate of drug-likeness (QED) is 0.848. The zero-order valence-electron chi connectivity index (χ0n) is 8.60. The van der Waals surface area contributed by atoms with E-state index >= 15 is 0 Å². The number of aliphatic hydroxyl groups excluding tert-OH is 1. The molecule has 0 fully saturated rings. The van der Waals surface area contributed by atoms with Crippen molar-refractivity contribution in [2.45, 2.75) is 25.7 Å². The Labute approximate surface area is 92.7 Å². The normalized spacial score (nSPS) is 14.0. The topological polar surface area (TPSA) is 20.2 Å². The van der Waals surface area contributed by atoms with Crippen LogP contribution >= 0.6 is 11.6 Å². The van der Waals surface area contributed by atoms with Gasteiger partial charge < -0.3 is 5.11 Å². The molecule has 0 bridgehead atoms. The SMILES string of the molecule is CC(CO)c1cccc(Cl)c1C(C)(F)F. The molecule has 4 heteroatoms. The third-order valence-corrected chi connectivity index (χ3v) is 2.60. The standard InChI is InChI=1S/C11H13ClF2O/c1-7(6-15)8-4-3-5-9(12)10(8)11(2,13)14/h3-5,7,15H,6H2,1-2H3. The van der Waals surface area contributed by atoms with Crippen molar-refractivity contribution in [3.05, 3.63) is 34.3 Å². The first-order valence-electron chi connectivity index (χ1n) is 4.65. The first-order valence-corrected chi connectivity index (χ1v) is 5.03. The Morgan fingerprint density at radius 1 is 1.47 bits per heavy atom. The van der Waals surface area contributed by atoms with Crippen molar-refractivity contribution in [2.24, 2.45) is 0 Å². The Hall–Kier alpha value is -0.670. The molecular formula is C11H13ClF2O. The third kappa shape index (κ3) is 2.67. The summed E-state index contributed by atoms with van der Waals surface area (Å²) in [5.74, 6) is -3.33. The minimum absolute atomic E-state index is 0.0419. The van der Waals surface area contributed by atoms with Crippen molar-refractivity contribution in [1.82, 2.24) is 0 Å². The smallest absolute Gasteiger partial charge is 0.272 e. The van der Waals surface area contributed by atoms with Crippen molar-refractivity contribution >= 4 is 11.6 Å². The third-order valence-electron chi connectivity index (χ3n) is 2.29. The fraction of sp³-hybridized carbons (Fsp3) is 0.455. The highest BCUT2D eigenvalue weighted by Gasteiger charge is 2.31. The summed E-state index contributed by atoms with van der Waals surface area (Å²) in [7, 11) is 0. The monoisotopic (exact) mass is 234 g/mol. The minimum Gasteiger partial charge on any atom is -0.396 e. The number of aliphatic hydroxyl groups is 1. The van der Waals surface area contributed by atoms with Gasteiger partial charge in [-0.25, -0.2) is 8.78 Å². The Morgan fingerprint density at radius 2 is 2.07 bits per heavy atom. The summed E-state index contributed by atoms with van der Waals surface area (Å²) in [5, 5.41) is 9.02. The summed E-state index contributed by atoms with van der Waals surface area (Å²) in [5.41, 5.74) is 0.214. The fourth-order valence-electron chi connectivity index (χ4n) is 1.51. The number of alkyl halides is 2. The highest BCUT2D eigenvalue weighted by Crippen LogP contribution is 2.38. The Kier molecular flexibility index (Phi) is 3.68. The van der Waals surface area contributed by atoms with Crippen LogP contribution in [0.3, 0.4) is 0 Å². The van der Waals surface area contributed by atoms with Gasteiger partial charge in [-0.1, -0.05) is 30.7 Å². The van der Waals surface area contributed by atoms with Gasteiger partial charge in [0.15, 0.2) is 0 Å². The highest BCUT2D eigenvalue weighted by atomic mass is 35.5. The van der Waals surface area contributed by atoms with E-state index in [0.717, 1.165) is 6.92 Å². The van der Waals surface area contributed by atoms with E-state index in [1.165, 1.54) is 6.07 Å². The fourth-order valence-corrected chi connectivity index (χ4v) is 1.86. The van der Waals surface area contributed by atoms with Crippen LogP contribution in [0.15, 0.2) is 18.2 Å². The molecule has 1 aromatic rings. The average Bonchev–Trinajstić information content (AvgIpc) is 2.14.